The third-order valence-corrected chi connectivity index (χ3v) is 1.74. The molecule has 0 aliphatic carbocycles. The molecule has 0 aromatic heterocycles. The first kappa shape index (κ1) is 9.00. The molecule has 0 fully saturated rings. The van der Waals surface area contributed by atoms with Crippen molar-refractivity contribution in [2.24, 2.45) is 0 Å². The van der Waals surface area contributed by atoms with Gasteiger partial charge in [-0.1, -0.05) is 30.3 Å². The number of quaternary nitrogens is 1. The maximum Gasteiger partial charge on any atom is 0.248 e. The minimum atomic E-state index is 0.960. The molecule has 0 unspecified atom stereocenters. The average Bonchev–Trinajstić information content (AvgIpc) is 1.85. The van der Waals surface area contributed by atoms with Crippen LogP contribution >= 0.6 is 22.9 Å². The highest BCUT2D eigenvalue weighted by molar-refractivity contribution is 14.1. The summed E-state index contributed by atoms with van der Waals surface area (Å²) < 4.78 is 0.960. The molecule has 11 heavy (non-hydrogen) atoms. The van der Waals surface area contributed by atoms with Crippen molar-refractivity contribution in [1.29, 1.82) is 0 Å². The molecule has 0 aliphatic rings. The van der Waals surface area contributed by atoms with Crippen LogP contribution in [0.3, 0.4) is 0 Å². The predicted molar refractivity (Wildman–Crippen MR) is 56.3 cm³/mol. The Hall–Kier alpha value is -0.0900. The second-order valence-electron chi connectivity index (χ2n) is 3.18. The van der Waals surface area contributed by atoms with Gasteiger partial charge >= 0.3 is 0 Å². The molecule has 0 saturated carbocycles. The smallest absolute Gasteiger partial charge is 0.248 e. The SMILES string of the molecule is C[N+](C)(I)Cc1ccccc1. The molecule has 0 atom stereocenters. The Bertz CT molecular complexity index is 213. The molecular weight excluding hydrogens is 249 g/mol. The number of benzene rings is 1. The number of hydrogen-bond donors (Lipinski definition) is 0. The van der Waals surface area contributed by atoms with Crippen LogP contribution in [0.4, 0.5) is 0 Å². The summed E-state index contributed by atoms with van der Waals surface area (Å²) in [5.41, 5.74) is 1.40. The van der Waals surface area contributed by atoms with Crippen molar-refractivity contribution < 1.29 is 2.70 Å². The summed E-state index contributed by atoms with van der Waals surface area (Å²) in [7, 11) is 4.38. The van der Waals surface area contributed by atoms with Crippen LogP contribution in [0.1, 0.15) is 5.56 Å². The fourth-order valence-corrected chi connectivity index (χ4v) is 1.41. The lowest BCUT2D eigenvalue weighted by atomic mass is 10.2. The summed E-state index contributed by atoms with van der Waals surface area (Å²) in [5, 5.41) is 0. The summed E-state index contributed by atoms with van der Waals surface area (Å²) in [6.45, 7) is 1.08. The van der Waals surface area contributed by atoms with E-state index in [-0.39, 0.29) is 0 Å². The van der Waals surface area contributed by atoms with Gasteiger partial charge in [0.25, 0.3) is 0 Å². The molecule has 1 aromatic rings. The number of hydrogen-bond acceptors (Lipinski definition) is 0. The molecule has 60 valence electrons. The van der Waals surface area contributed by atoms with Crippen LogP contribution in [0.15, 0.2) is 30.3 Å². The minimum absolute atomic E-state index is 0.960. The van der Waals surface area contributed by atoms with Gasteiger partial charge in [-0.2, -0.15) is 0 Å². The van der Waals surface area contributed by atoms with Gasteiger partial charge in [0.1, 0.15) is 6.54 Å². The van der Waals surface area contributed by atoms with Crippen molar-refractivity contribution in [2.75, 3.05) is 14.1 Å². The summed E-state index contributed by atoms with van der Waals surface area (Å²) in [5.74, 6) is 0. The molecule has 0 saturated heterocycles. The highest BCUT2D eigenvalue weighted by Crippen LogP contribution is 2.13. The molecule has 1 nitrogen and oxygen atoms in total. The lowest BCUT2D eigenvalue weighted by Gasteiger charge is -2.19. The maximum absolute atomic E-state index is 2.42. The fourth-order valence-electron chi connectivity index (χ4n) is 1.02. The van der Waals surface area contributed by atoms with E-state index >= 15 is 0 Å². The second kappa shape index (κ2) is 3.54. The molecule has 0 radical (unpaired) electrons. The van der Waals surface area contributed by atoms with Crippen molar-refractivity contribution in [3.63, 3.8) is 0 Å². The molecule has 0 spiro atoms. The Morgan fingerprint density at radius 3 is 2.18 bits per heavy atom. The zero-order chi connectivity index (χ0) is 8.32. The molecular formula is C9H13IN+. The standard InChI is InChI=1S/C9H13IN/c1-11(2,10)8-9-6-4-3-5-7-9/h3-7H,8H2,1-2H3/q+1. The summed E-state index contributed by atoms with van der Waals surface area (Å²) >= 11 is 2.42. The maximum atomic E-state index is 2.42. The third-order valence-electron chi connectivity index (χ3n) is 1.40. The van der Waals surface area contributed by atoms with Gasteiger partial charge in [-0.05, 0) is 0 Å². The molecule has 2 heteroatoms. The molecule has 1 rings (SSSR count). The van der Waals surface area contributed by atoms with Crippen molar-refractivity contribution >= 4 is 22.9 Å². The first-order valence-corrected chi connectivity index (χ1v) is 4.61. The Morgan fingerprint density at radius 1 is 1.18 bits per heavy atom. The lowest BCUT2D eigenvalue weighted by Crippen LogP contribution is -2.25. The van der Waals surface area contributed by atoms with E-state index in [1.165, 1.54) is 5.56 Å². The van der Waals surface area contributed by atoms with Crippen LogP contribution in [-0.4, -0.2) is 16.8 Å². The highest BCUT2D eigenvalue weighted by atomic mass is 127. The molecule has 1 aromatic carbocycles. The van der Waals surface area contributed by atoms with Gasteiger partial charge in [0, 0.05) is 5.56 Å². The Balaban J connectivity index is 2.66. The van der Waals surface area contributed by atoms with Crippen molar-refractivity contribution in [1.82, 2.24) is 0 Å². The van der Waals surface area contributed by atoms with E-state index < -0.39 is 0 Å². The van der Waals surface area contributed by atoms with E-state index in [2.05, 4.69) is 67.3 Å². The Labute approximate surface area is 82.1 Å². The van der Waals surface area contributed by atoms with E-state index in [0.29, 0.717) is 0 Å². The molecule has 0 heterocycles. The summed E-state index contributed by atoms with van der Waals surface area (Å²) in [4.78, 5) is 0. The van der Waals surface area contributed by atoms with E-state index in [0.717, 1.165) is 9.24 Å². The molecule has 0 aliphatic heterocycles. The average molecular weight is 262 g/mol. The van der Waals surface area contributed by atoms with Gasteiger partial charge in [-0.15, -0.1) is 0 Å². The third kappa shape index (κ3) is 3.72. The summed E-state index contributed by atoms with van der Waals surface area (Å²) in [6.07, 6.45) is 0. The van der Waals surface area contributed by atoms with Crippen molar-refractivity contribution in [3.8, 4) is 0 Å². The highest BCUT2D eigenvalue weighted by Gasteiger charge is 2.10. The molecule has 0 bridgehead atoms. The monoisotopic (exact) mass is 262 g/mol. The van der Waals surface area contributed by atoms with Gasteiger partial charge in [0.15, 0.2) is 0 Å². The Kier molecular flexibility index (Phi) is 2.90. The van der Waals surface area contributed by atoms with Crippen LogP contribution in [0.25, 0.3) is 0 Å². The number of halogens is 1. The van der Waals surface area contributed by atoms with Crippen LogP contribution < -0.4 is 0 Å². The number of rotatable bonds is 2. The van der Waals surface area contributed by atoms with Gasteiger partial charge in [-0.3, -0.25) is 2.70 Å². The van der Waals surface area contributed by atoms with Crippen molar-refractivity contribution in [3.05, 3.63) is 35.9 Å². The molecule has 0 N–H and O–H groups in total. The van der Waals surface area contributed by atoms with Gasteiger partial charge in [-0.25, -0.2) is 0 Å². The van der Waals surface area contributed by atoms with E-state index in [4.69, 9.17) is 0 Å². The Morgan fingerprint density at radius 2 is 1.73 bits per heavy atom. The van der Waals surface area contributed by atoms with E-state index in [9.17, 15) is 0 Å². The lowest BCUT2D eigenvalue weighted by molar-refractivity contribution is -0.721. The summed E-state index contributed by atoms with van der Waals surface area (Å²) in [6, 6.07) is 10.6. The second-order valence-corrected chi connectivity index (χ2v) is 5.79. The zero-order valence-electron chi connectivity index (χ0n) is 6.92. The predicted octanol–water partition coefficient (Wildman–Crippen LogP) is 2.61. The van der Waals surface area contributed by atoms with Crippen LogP contribution in [0, 0.1) is 0 Å². The topological polar surface area (TPSA) is 0 Å². The minimum Gasteiger partial charge on any atom is -0.268 e. The van der Waals surface area contributed by atoms with Gasteiger partial charge in [0.05, 0.1) is 14.1 Å². The first-order valence-electron chi connectivity index (χ1n) is 3.64. The van der Waals surface area contributed by atoms with Gasteiger partial charge in [0.2, 0.25) is 22.9 Å². The van der Waals surface area contributed by atoms with E-state index in [1.807, 2.05) is 0 Å². The van der Waals surface area contributed by atoms with Crippen LogP contribution in [-0.2, 0) is 6.54 Å². The van der Waals surface area contributed by atoms with Crippen molar-refractivity contribution in [2.45, 2.75) is 6.54 Å². The largest absolute Gasteiger partial charge is 0.268 e. The van der Waals surface area contributed by atoms with Gasteiger partial charge < -0.3 is 0 Å². The van der Waals surface area contributed by atoms with Crippen LogP contribution in [0.2, 0.25) is 0 Å². The fraction of sp³-hybridized carbons (Fsp3) is 0.333. The normalized spacial score (nSPS) is 11.5. The quantitative estimate of drug-likeness (QED) is 0.567. The van der Waals surface area contributed by atoms with E-state index in [1.54, 1.807) is 0 Å². The zero-order valence-corrected chi connectivity index (χ0v) is 9.08. The van der Waals surface area contributed by atoms with Crippen LogP contribution in [0.5, 0.6) is 0 Å². The number of nitrogens with zero attached hydrogens (tertiary/aromatic N) is 1. The first-order chi connectivity index (χ1) is 5.08. The molecule has 0 amide bonds.